The van der Waals surface area contributed by atoms with E-state index in [0.717, 1.165) is 70.1 Å². The minimum atomic E-state index is 0.143. The minimum Gasteiger partial charge on any atom is -0.381 e. The molecule has 2 aromatic carbocycles. The number of anilines is 1. The zero-order valence-corrected chi connectivity index (χ0v) is 18.8. The van der Waals surface area contributed by atoms with Gasteiger partial charge >= 0.3 is 0 Å². The van der Waals surface area contributed by atoms with Crippen molar-refractivity contribution in [1.29, 1.82) is 0 Å². The van der Waals surface area contributed by atoms with Gasteiger partial charge in [0.2, 0.25) is 0 Å². The van der Waals surface area contributed by atoms with E-state index >= 15 is 0 Å². The Morgan fingerprint density at radius 3 is 2.67 bits per heavy atom. The molecule has 166 valence electrons. The summed E-state index contributed by atoms with van der Waals surface area (Å²) in [6.07, 6.45) is 9.18. The molecule has 5 heteroatoms. The molecule has 5 nitrogen and oxygen atoms in total. The van der Waals surface area contributed by atoms with Crippen molar-refractivity contribution < 1.29 is 4.79 Å². The molecule has 3 N–H and O–H groups in total. The second-order valence-electron chi connectivity index (χ2n) is 8.49. The summed E-state index contributed by atoms with van der Waals surface area (Å²) in [5, 5.41) is 7.09. The average Bonchev–Trinajstić information content (AvgIpc) is 3.49. The highest BCUT2D eigenvalue weighted by Crippen LogP contribution is 2.34. The number of hydrogen-bond acceptors (Lipinski definition) is 4. The largest absolute Gasteiger partial charge is 0.381 e. The molecule has 3 aromatic rings. The molecule has 2 heterocycles. The smallest absolute Gasteiger partial charge is 0.160 e. The van der Waals surface area contributed by atoms with Gasteiger partial charge in [0.15, 0.2) is 5.78 Å². The number of allylic oxidation sites excluding steroid dienone is 2. The van der Waals surface area contributed by atoms with Crippen molar-refractivity contribution in [3.05, 3.63) is 101 Å². The minimum absolute atomic E-state index is 0.143. The first-order valence-corrected chi connectivity index (χ1v) is 11.6. The van der Waals surface area contributed by atoms with E-state index in [0.29, 0.717) is 13.0 Å². The summed E-state index contributed by atoms with van der Waals surface area (Å²) in [6, 6.07) is 18.7. The van der Waals surface area contributed by atoms with Crippen molar-refractivity contribution in [3.8, 4) is 11.3 Å². The van der Waals surface area contributed by atoms with Gasteiger partial charge in [-0.1, -0.05) is 55.8 Å². The predicted molar refractivity (Wildman–Crippen MR) is 133 cm³/mol. The second kappa shape index (κ2) is 9.33. The molecule has 0 unspecified atom stereocenters. The fourth-order valence-electron chi connectivity index (χ4n) is 4.35. The van der Waals surface area contributed by atoms with Crippen molar-refractivity contribution in [3.63, 3.8) is 0 Å². The van der Waals surface area contributed by atoms with Crippen molar-refractivity contribution in [2.75, 3.05) is 11.9 Å². The van der Waals surface area contributed by atoms with Crippen LogP contribution in [0.15, 0.2) is 89.8 Å². The molecular weight excluding hydrogens is 408 g/mol. The van der Waals surface area contributed by atoms with Gasteiger partial charge in [-0.15, -0.1) is 0 Å². The number of rotatable bonds is 7. The first-order valence-electron chi connectivity index (χ1n) is 11.6. The van der Waals surface area contributed by atoms with Crippen molar-refractivity contribution in [1.82, 2.24) is 15.3 Å². The normalized spacial score (nSPS) is 16.6. The first-order chi connectivity index (χ1) is 16.2. The number of imidazole rings is 1. The van der Waals surface area contributed by atoms with Gasteiger partial charge < -0.3 is 15.6 Å². The third-order valence-electron chi connectivity index (χ3n) is 6.16. The Morgan fingerprint density at radius 1 is 1.06 bits per heavy atom. The lowest BCUT2D eigenvalue weighted by molar-refractivity contribution is -0.114. The van der Waals surface area contributed by atoms with E-state index in [-0.39, 0.29) is 5.78 Å². The zero-order valence-electron chi connectivity index (χ0n) is 18.8. The molecule has 0 bridgehead atoms. The molecule has 0 atom stereocenters. The lowest BCUT2D eigenvalue weighted by Gasteiger charge is -2.17. The molecule has 1 aliphatic heterocycles. The Hall–Kier alpha value is -3.86. The van der Waals surface area contributed by atoms with E-state index in [9.17, 15) is 4.79 Å². The molecule has 2 aliphatic rings. The molecule has 0 saturated carbocycles. The molecule has 0 fully saturated rings. The number of aromatic amines is 1. The maximum Gasteiger partial charge on any atom is 0.160 e. The molecule has 0 amide bonds. The van der Waals surface area contributed by atoms with E-state index in [1.165, 1.54) is 0 Å². The number of nitrogens with zero attached hydrogens (tertiary/aromatic N) is 1. The molecule has 33 heavy (non-hydrogen) atoms. The maximum atomic E-state index is 12.1. The SMILES string of the molecule is CCCCc1ncc(-c2ccc(N/C(=C3\CNC4=C3CC(=O)C=C4)c3ccccc3)cc2)[nH]1. The Balaban J connectivity index is 1.44. The Morgan fingerprint density at radius 2 is 1.88 bits per heavy atom. The summed E-state index contributed by atoms with van der Waals surface area (Å²) in [5.41, 5.74) is 8.57. The van der Waals surface area contributed by atoms with Gasteiger partial charge in [0.25, 0.3) is 0 Å². The van der Waals surface area contributed by atoms with E-state index in [2.05, 4.69) is 63.9 Å². The van der Waals surface area contributed by atoms with Gasteiger partial charge in [0, 0.05) is 36.3 Å². The van der Waals surface area contributed by atoms with Gasteiger partial charge in [0.1, 0.15) is 5.82 Å². The molecule has 1 aliphatic carbocycles. The van der Waals surface area contributed by atoms with E-state index in [4.69, 9.17) is 0 Å². The van der Waals surface area contributed by atoms with Gasteiger partial charge in [-0.3, -0.25) is 4.79 Å². The van der Waals surface area contributed by atoms with Crippen molar-refractivity contribution >= 4 is 17.2 Å². The van der Waals surface area contributed by atoms with E-state index in [1.54, 1.807) is 6.08 Å². The number of unbranched alkanes of at least 4 members (excludes halogenated alkanes) is 1. The number of hydrogen-bond donors (Lipinski definition) is 3. The zero-order chi connectivity index (χ0) is 22.6. The lowest BCUT2D eigenvalue weighted by atomic mass is 9.94. The number of carbonyl (C=O) groups excluding carboxylic acids is 1. The van der Waals surface area contributed by atoms with Crippen LogP contribution < -0.4 is 10.6 Å². The van der Waals surface area contributed by atoms with Crippen LogP contribution in [-0.4, -0.2) is 22.3 Å². The fourth-order valence-corrected chi connectivity index (χ4v) is 4.35. The Bertz CT molecular complexity index is 1250. The highest BCUT2D eigenvalue weighted by Gasteiger charge is 2.26. The van der Waals surface area contributed by atoms with Crippen molar-refractivity contribution in [2.45, 2.75) is 32.6 Å². The summed E-state index contributed by atoms with van der Waals surface area (Å²) in [6.45, 7) is 2.89. The predicted octanol–water partition coefficient (Wildman–Crippen LogP) is 5.63. The monoisotopic (exact) mass is 436 g/mol. The number of nitrogens with one attached hydrogen (secondary N) is 3. The first kappa shape index (κ1) is 21.0. The van der Waals surface area contributed by atoms with E-state index < -0.39 is 0 Å². The molecule has 0 radical (unpaired) electrons. The van der Waals surface area contributed by atoms with Crippen LogP contribution in [0, 0.1) is 0 Å². The summed E-state index contributed by atoms with van der Waals surface area (Å²) in [5.74, 6) is 1.18. The van der Waals surface area contributed by atoms with Gasteiger partial charge in [-0.05, 0) is 47.4 Å². The number of ketones is 1. The van der Waals surface area contributed by atoms with Crippen molar-refractivity contribution in [2.24, 2.45) is 0 Å². The van der Waals surface area contributed by atoms with Crippen LogP contribution in [0.4, 0.5) is 5.69 Å². The van der Waals surface area contributed by atoms with Gasteiger partial charge in [-0.25, -0.2) is 4.98 Å². The number of aromatic nitrogens is 2. The van der Waals surface area contributed by atoms with Crippen LogP contribution in [0.2, 0.25) is 0 Å². The summed E-state index contributed by atoms with van der Waals surface area (Å²) in [7, 11) is 0. The third kappa shape index (κ3) is 4.53. The molecule has 0 saturated heterocycles. The average molecular weight is 437 g/mol. The fraction of sp³-hybridized carbons (Fsp3) is 0.214. The number of benzene rings is 2. The number of H-pyrrole nitrogens is 1. The molecule has 0 spiro atoms. The topological polar surface area (TPSA) is 69.8 Å². The summed E-state index contributed by atoms with van der Waals surface area (Å²) in [4.78, 5) is 20.1. The standard InChI is InChI=1S/C28H28N4O/c1-2-3-9-27-30-18-26(32-27)19-10-12-21(13-11-19)31-28(20-7-5-4-6-8-20)24-17-29-25-15-14-22(33)16-23(24)25/h4-8,10-15,18,29,31H,2-3,9,16-17H2,1H3,(H,30,32)/b28-24+. The Kier molecular flexibility index (Phi) is 5.94. The Labute approximate surface area is 194 Å². The van der Waals surface area contributed by atoms with Gasteiger partial charge in [-0.2, -0.15) is 0 Å². The summed E-state index contributed by atoms with van der Waals surface area (Å²) < 4.78 is 0. The second-order valence-corrected chi connectivity index (χ2v) is 8.49. The van der Waals surface area contributed by atoms with Crippen LogP contribution in [0.3, 0.4) is 0 Å². The van der Waals surface area contributed by atoms with E-state index in [1.807, 2.05) is 30.5 Å². The van der Waals surface area contributed by atoms with Crippen LogP contribution in [0.5, 0.6) is 0 Å². The van der Waals surface area contributed by atoms with Crippen LogP contribution in [-0.2, 0) is 11.2 Å². The molecular formula is C28H28N4O. The highest BCUT2D eigenvalue weighted by molar-refractivity contribution is 5.96. The number of aryl methyl sites for hydroxylation is 1. The van der Waals surface area contributed by atoms with Crippen LogP contribution in [0.25, 0.3) is 17.0 Å². The van der Waals surface area contributed by atoms with Crippen LogP contribution >= 0.6 is 0 Å². The summed E-state index contributed by atoms with van der Waals surface area (Å²) >= 11 is 0. The quantitative estimate of drug-likeness (QED) is 0.449. The number of carbonyl (C=O) groups is 1. The lowest BCUT2D eigenvalue weighted by Crippen LogP contribution is -2.10. The van der Waals surface area contributed by atoms with Crippen LogP contribution in [0.1, 0.15) is 37.6 Å². The maximum absolute atomic E-state index is 12.1. The highest BCUT2D eigenvalue weighted by atomic mass is 16.1. The molecule has 1 aromatic heterocycles. The third-order valence-corrected chi connectivity index (χ3v) is 6.16. The molecule has 5 rings (SSSR count). The van der Waals surface area contributed by atoms with Gasteiger partial charge in [0.05, 0.1) is 17.6 Å².